The predicted octanol–water partition coefficient (Wildman–Crippen LogP) is 2.52. The second kappa shape index (κ2) is 9.20. The third-order valence-corrected chi connectivity index (χ3v) is 3.62. The zero-order valence-corrected chi connectivity index (χ0v) is 13.6. The largest absolute Gasteiger partial charge is 0.497 e. The first-order chi connectivity index (χ1) is 10.6. The first kappa shape index (κ1) is 18.2. The number of aliphatic hydroxyl groups excluding tert-OH is 1. The van der Waals surface area contributed by atoms with Crippen LogP contribution in [0.3, 0.4) is 0 Å². The Morgan fingerprint density at radius 3 is 2.36 bits per heavy atom. The number of ketones is 1. The molecule has 0 aliphatic rings. The Labute approximate surface area is 131 Å². The van der Waals surface area contributed by atoms with Gasteiger partial charge in [-0.15, -0.1) is 0 Å². The van der Waals surface area contributed by atoms with Crippen LogP contribution in [0, 0.1) is 0 Å². The van der Waals surface area contributed by atoms with Crippen LogP contribution in [-0.2, 0) is 0 Å². The van der Waals surface area contributed by atoms with Crippen molar-refractivity contribution in [2.24, 2.45) is 0 Å². The molecule has 0 spiro atoms. The second-order valence-corrected chi connectivity index (χ2v) is 4.99. The van der Waals surface area contributed by atoms with Crippen molar-refractivity contribution in [2.45, 2.75) is 33.1 Å². The summed E-state index contributed by atoms with van der Waals surface area (Å²) in [4.78, 5) is 26.6. The number of hydrogen-bond donors (Lipinski definition) is 1. The molecule has 0 saturated carbocycles. The lowest BCUT2D eigenvalue weighted by Gasteiger charge is -2.20. The van der Waals surface area contributed by atoms with E-state index in [1.807, 2.05) is 13.8 Å². The average Bonchev–Trinajstić information content (AvgIpc) is 2.55. The maximum atomic E-state index is 12.6. The van der Waals surface area contributed by atoms with Crippen LogP contribution < -0.4 is 4.74 Å². The van der Waals surface area contributed by atoms with Gasteiger partial charge in [-0.3, -0.25) is 9.59 Å². The van der Waals surface area contributed by atoms with Crippen LogP contribution >= 0.6 is 0 Å². The normalized spacial score (nSPS) is 10.4. The minimum atomic E-state index is -0.141. The SMILES string of the molecule is CCN(CC)C(=O)c1ccc(OC)cc1C(=O)CCCCO. The van der Waals surface area contributed by atoms with Gasteiger partial charge in [-0.2, -0.15) is 0 Å². The van der Waals surface area contributed by atoms with Gasteiger partial charge < -0.3 is 14.7 Å². The molecule has 1 amide bonds. The van der Waals surface area contributed by atoms with Gasteiger partial charge in [-0.1, -0.05) is 0 Å². The number of aliphatic hydroxyl groups is 1. The molecular weight excluding hydrogens is 282 g/mol. The first-order valence-electron chi connectivity index (χ1n) is 7.70. The van der Waals surface area contributed by atoms with Gasteiger partial charge in [0.05, 0.1) is 12.7 Å². The quantitative estimate of drug-likeness (QED) is 0.562. The summed E-state index contributed by atoms with van der Waals surface area (Å²) in [6, 6.07) is 4.97. The molecule has 0 radical (unpaired) electrons. The average molecular weight is 307 g/mol. The molecule has 0 aromatic heterocycles. The standard InChI is InChI=1S/C17H25NO4/c1-4-18(5-2)17(21)14-10-9-13(22-3)12-15(14)16(20)8-6-7-11-19/h9-10,12,19H,4-8,11H2,1-3H3. The molecule has 0 heterocycles. The van der Waals surface area contributed by atoms with Crippen molar-refractivity contribution in [3.8, 4) is 5.75 Å². The molecule has 122 valence electrons. The van der Waals surface area contributed by atoms with Crippen LogP contribution in [0.2, 0.25) is 0 Å². The fraction of sp³-hybridized carbons (Fsp3) is 0.529. The smallest absolute Gasteiger partial charge is 0.254 e. The highest BCUT2D eigenvalue weighted by molar-refractivity contribution is 6.08. The van der Waals surface area contributed by atoms with E-state index in [4.69, 9.17) is 9.84 Å². The molecule has 5 heteroatoms. The molecule has 0 aliphatic heterocycles. The van der Waals surface area contributed by atoms with Gasteiger partial charge >= 0.3 is 0 Å². The number of nitrogens with zero attached hydrogens (tertiary/aromatic N) is 1. The number of benzene rings is 1. The minimum Gasteiger partial charge on any atom is -0.497 e. The van der Waals surface area contributed by atoms with E-state index in [1.165, 1.54) is 7.11 Å². The van der Waals surface area contributed by atoms with Crippen molar-refractivity contribution in [2.75, 3.05) is 26.8 Å². The number of rotatable bonds is 9. The summed E-state index contributed by atoms with van der Waals surface area (Å²) in [5, 5.41) is 8.82. The number of unbranched alkanes of at least 4 members (excludes halogenated alkanes) is 1. The molecule has 1 aromatic carbocycles. The van der Waals surface area contributed by atoms with Crippen LogP contribution in [0.1, 0.15) is 53.8 Å². The van der Waals surface area contributed by atoms with Gasteiger partial charge in [0.25, 0.3) is 5.91 Å². The van der Waals surface area contributed by atoms with E-state index in [2.05, 4.69) is 0 Å². The fourth-order valence-electron chi connectivity index (χ4n) is 2.28. The minimum absolute atomic E-state index is 0.0661. The lowest BCUT2D eigenvalue weighted by Crippen LogP contribution is -2.31. The van der Waals surface area contributed by atoms with Gasteiger partial charge in [0.2, 0.25) is 0 Å². The number of carbonyl (C=O) groups is 2. The summed E-state index contributed by atoms with van der Waals surface area (Å²) < 4.78 is 5.16. The van der Waals surface area contributed by atoms with Crippen LogP contribution in [0.4, 0.5) is 0 Å². The van der Waals surface area contributed by atoms with Gasteiger partial charge in [0.1, 0.15) is 5.75 Å². The van der Waals surface area contributed by atoms with Crippen LogP contribution in [-0.4, -0.2) is 48.5 Å². The number of carbonyl (C=O) groups excluding carboxylic acids is 2. The summed E-state index contributed by atoms with van der Waals surface area (Å²) in [6.07, 6.45) is 1.49. The molecule has 0 bridgehead atoms. The lowest BCUT2D eigenvalue weighted by atomic mass is 9.98. The monoisotopic (exact) mass is 307 g/mol. The van der Waals surface area contributed by atoms with E-state index in [0.717, 1.165) is 0 Å². The summed E-state index contributed by atoms with van der Waals surface area (Å²) >= 11 is 0. The van der Waals surface area contributed by atoms with Crippen molar-refractivity contribution in [1.82, 2.24) is 4.90 Å². The third kappa shape index (κ3) is 4.56. The second-order valence-electron chi connectivity index (χ2n) is 4.99. The number of Topliss-reactive ketones (excluding diaryl/α,β-unsaturated/α-hetero) is 1. The molecule has 1 rings (SSSR count). The Balaban J connectivity index is 3.10. The van der Waals surface area contributed by atoms with E-state index in [1.54, 1.807) is 23.1 Å². The first-order valence-corrected chi connectivity index (χ1v) is 7.70. The maximum absolute atomic E-state index is 12.6. The molecular formula is C17H25NO4. The summed E-state index contributed by atoms with van der Waals surface area (Å²) in [5.74, 6) is 0.322. The van der Waals surface area contributed by atoms with Crippen LogP contribution in [0.5, 0.6) is 5.75 Å². The topological polar surface area (TPSA) is 66.8 Å². The van der Waals surface area contributed by atoms with Gasteiger partial charge in [-0.25, -0.2) is 0 Å². The molecule has 1 aromatic rings. The Morgan fingerprint density at radius 2 is 1.82 bits per heavy atom. The predicted molar refractivity (Wildman–Crippen MR) is 85.5 cm³/mol. The van der Waals surface area contributed by atoms with E-state index >= 15 is 0 Å². The Hall–Kier alpha value is -1.88. The number of amides is 1. The highest BCUT2D eigenvalue weighted by Gasteiger charge is 2.21. The van der Waals surface area contributed by atoms with Gasteiger partial charge in [0, 0.05) is 31.7 Å². The van der Waals surface area contributed by atoms with Crippen molar-refractivity contribution in [3.05, 3.63) is 29.3 Å². The molecule has 0 fully saturated rings. The van der Waals surface area contributed by atoms with E-state index < -0.39 is 0 Å². The van der Waals surface area contributed by atoms with E-state index in [0.29, 0.717) is 49.2 Å². The molecule has 0 unspecified atom stereocenters. The molecule has 22 heavy (non-hydrogen) atoms. The molecule has 5 nitrogen and oxygen atoms in total. The Kier molecular flexibility index (Phi) is 7.60. The third-order valence-electron chi connectivity index (χ3n) is 3.62. The van der Waals surface area contributed by atoms with Gasteiger partial charge in [-0.05, 0) is 44.9 Å². The molecule has 0 saturated heterocycles. The molecule has 1 N–H and O–H groups in total. The summed E-state index contributed by atoms with van der Waals surface area (Å²) in [6.45, 7) is 5.08. The van der Waals surface area contributed by atoms with Crippen LogP contribution in [0.15, 0.2) is 18.2 Å². The highest BCUT2D eigenvalue weighted by atomic mass is 16.5. The maximum Gasteiger partial charge on any atom is 0.254 e. The zero-order chi connectivity index (χ0) is 16.5. The van der Waals surface area contributed by atoms with Gasteiger partial charge in [0.15, 0.2) is 5.78 Å². The Morgan fingerprint density at radius 1 is 1.14 bits per heavy atom. The van der Waals surface area contributed by atoms with E-state index in [-0.39, 0.29) is 18.3 Å². The fourth-order valence-corrected chi connectivity index (χ4v) is 2.28. The summed E-state index contributed by atoms with van der Waals surface area (Å²) in [5.41, 5.74) is 0.813. The lowest BCUT2D eigenvalue weighted by molar-refractivity contribution is 0.0766. The van der Waals surface area contributed by atoms with Crippen LogP contribution in [0.25, 0.3) is 0 Å². The number of methoxy groups -OCH3 is 1. The Bertz CT molecular complexity index is 509. The highest BCUT2D eigenvalue weighted by Crippen LogP contribution is 2.21. The van der Waals surface area contributed by atoms with E-state index in [9.17, 15) is 9.59 Å². The zero-order valence-electron chi connectivity index (χ0n) is 13.6. The number of ether oxygens (including phenoxy) is 1. The molecule has 0 aliphatic carbocycles. The van der Waals surface area contributed by atoms with Crippen molar-refractivity contribution in [3.63, 3.8) is 0 Å². The van der Waals surface area contributed by atoms with Crippen molar-refractivity contribution < 1.29 is 19.4 Å². The van der Waals surface area contributed by atoms with Crippen molar-refractivity contribution in [1.29, 1.82) is 0 Å². The number of hydrogen-bond acceptors (Lipinski definition) is 4. The molecule has 0 atom stereocenters. The van der Waals surface area contributed by atoms with Crippen molar-refractivity contribution >= 4 is 11.7 Å². The summed E-state index contributed by atoms with van der Waals surface area (Å²) in [7, 11) is 1.53.